The molecule has 0 heterocycles. The summed E-state index contributed by atoms with van der Waals surface area (Å²) >= 11 is 0. The number of hydrogen-bond acceptors (Lipinski definition) is 2. The van der Waals surface area contributed by atoms with Crippen LogP contribution >= 0.6 is 0 Å². The van der Waals surface area contributed by atoms with Gasteiger partial charge in [-0.3, -0.25) is 0 Å². The first-order valence-electron chi connectivity index (χ1n) is 5.16. The van der Waals surface area contributed by atoms with Gasteiger partial charge in [-0.15, -0.1) is 0 Å². The van der Waals surface area contributed by atoms with Gasteiger partial charge in [-0.2, -0.15) is 0 Å². The Morgan fingerprint density at radius 3 is 2.27 bits per heavy atom. The molecular formula is C13H18O2. The van der Waals surface area contributed by atoms with Crippen LogP contribution < -0.4 is 0 Å². The lowest BCUT2D eigenvalue weighted by molar-refractivity contribution is -0.111. The van der Waals surface area contributed by atoms with Crippen molar-refractivity contribution in [1.29, 1.82) is 0 Å². The summed E-state index contributed by atoms with van der Waals surface area (Å²) in [6.45, 7) is 5.76. The van der Waals surface area contributed by atoms with Crippen molar-refractivity contribution in [1.82, 2.24) is 0 Å². The molecule has 1 unspecified atom stereocenters. The van der Waals surface area contributed by atoms with Crippen molar-refractivity contribution >= 4 is 6.29 Å². The van der Waals surface area contributed by atoms with Gasteiger partial charge in [-0.25, -0.2) is 0 Å². The Morgan fingerprint density at radius 1 is 1.27 bits per heavy atom. The minimum Gasteiger partial charge on any atom is -0.389 e. The summed E-state index contributed by atoms with van der Waals surface area (Å²) in [5.74, 6) is 0. The van der Waals surface area contributed by atoms with Crippen LogP contribution in [0.25, 0.3) is 0 Å². The number of carbonyl (C=O) groups is 1. The van der Waals surface area contributed by atoms with Gasteiger partial charge in [0.25, 0.3) is 0 Å². The average molecular weight is 206 g/mol. The quantitative estimate of drug-likeness (QED) is 0.767. The zero-order valence-electron chi connectivity index (χ0n) is 9.58. The Balaban J connectivity index is 2.84. The molecule has 0 spiro atoms. The van der Waals surface area contributed by atoms with E-state index >= 15 is 0 Å². The molecule has 1 rings (SSSR count). The third-order valence-corrected chi connectivity index (χ3v) is 2.39. The maximum atomic E-state index is 10.4. The Bertz CT molecular complexity index is 333. The molecule has 2 nitrogen and oxygen atoms in total. The Labute approximate surface area is 90.9 Å². The van der Waals surface area contributed by atoms with Crippen LogP contribution in [-0.4, -0.2) is 17.0 Å². The lowest BCUT2D eigenvalue weighted by atomic mass is 9.92. The molecular weight excluding hydrogens is 188 g/mol. The van der Waals surface area contributed by atoms with Crippen LogP contribution in [0.1, 0.15) is 30.0 Å². The van der Waals surface area contributed by atoms with Gasteiger partial charge in [0.2, 0.25) is 0 Å². The first-order chi connectivity index (χ1) is 6.93. The maximum absolute atomic E-state index is 10.4. The number of benzene rings is 1. The van der Waals surface area contributed by atoms with Crippen molar-refractivity contribution in [3.63, 3.8) is 0 Å². The maximum Gasteiger partial charge on any atom is 0.122 e. The van der Waals surface area contributed by atoms with Crippen LogP contribution in [0.4, 0.5) is 0 Å². The Kier molecular flexibility index (Phi) is 3.64. The largest absolute Gasteiger partial charge is 0.389 e. The van der Waals surface area contributed by atoms with E-state index in [1.165, 1.54) is 11.1 Å². The summed E-state index contributed by atoms with van der Waals surface area (Å²) in [6.07, 6.45) is 1.47. The number of rotatable bonds is 4. The smallest absolute Gasteiger partial charge is 0.122 e. The highest BCUT2D eigenvalue weighted by molar-refractivity contribution is 5.51. The van der Waals surface area contributed by atoms with Crippen molar-refractivity contribution in [2.45, 2.75) is 39.2 Å². The van der Waals surface area contributed by atoms with Crippen molar-refractivity contribution in [3.05, 3.63) is 34.9 Å². The summed E-state index contributed by atoms with van der Waals surface area (Å²) in [6, 6.07) is 6.19. The van der Waals surface area contributed by atoms with Crippen LogP contribution in [0, 0.1) is 13.8 Å². The van der Waals surface area contributed by atoms with E-state index in [0.717, 1.165) is 11.8 Å². The number of aliphatic hydroxyl groups is 1. The van der Waals surface area contributed by atoms with Crippen molar-refractivity contribution in [2.75, 3.05) is 0 Å². The highest BCUT2D eigenvalue weighted by atomic mass is 16.3. The number of aryl methyl sites for hydroxylation is 2. The summed E-state index contributed by atoms with van der Waals surface area (Å²) in [7, 11) is 0. The molecule has 0 aliphatic carbocycles. The second kappa shape index (κ2) is 4.58. The molecule has 0 saturated carbocycles. The Morgan fingerprint density at radius 2 is 1.80 bits per heavy atom. The van der Waals surface area contributed by atoms with Gasteiger partial charge in [-0.1, -0.05) is 29.3 Å². The van der Waals surface area contributed by atoms with Crippen LogP contribution in [-0.2, 0) is 11.2 Å². The zero-order chi connectivity index (χ0) is 11.5. The number of carbonyl (C=O) groups excluding carboxylic acids is 1. The first-order valence-corrected chi connectivity index (χ1v) is 5.16. The van der Waals surface area contributed by atoms with Crippen LogP contribution in [0.5, 0.6) is 0 Å². The van der Waals surface area contributed by atoms with E-state index in [2.05, 4.69) is 6.07 Å². The minimum absolute atomic E-state index is 0.181. The third kappa shape index (κ3) is 3.84. The highest BCUT2D eigenvalue weighted by Crippen LogP contribution is 2.18. The van der Waals surface area contributed by atoms with Crippen LogP contribution in [0.15, 0.2) is 18.2 Å². The number of hydrogen-bond donors (Lipinski definition) is 1. The van der Waals surface area contributed by atoms with Gasteiger partial charge >= 0.3 is 0 Å². The fourth-order valence-electron chi connectivity index (χ4n) is 1.86. The highest BCUT2D eigenvalue weighted by Gasteiger charge is 2.20. The van der Waals surface area contributed by atoms with Gasteiger partial charge in [-0.05, 0) is 26.3 Å². The van der Waals surface area contributed by atoms with Crippen molar-refractivity contribution < 1.29 is 9.90 Å². The van der Waals surface area contributed by atoms with E-state index in [-0.39, 0.29) is 6.42 Å². The molecule has 1 aromatic rings. The van der Waals surface area contributed by atoms with E-state index < -0.39 is 5.60 Å². The topological polar surface area (TPSA) is 37.3 Å². The van der Waals surface area contributed by atoms with E-state index in [0.29, 0.717) is 6.42 Å². The molecule has 0 aromatic heterocycles. The first kappa shape index (κ1) is 11.9. The predicted octanol–water partition coefficient (Wildman–Crippen LogP) is 2.19. The van der Waals surface area contributed by atoms with Gasteiger partial charge in [0, 0.05) is 12.8 Å². The van der Waals surface area contributed by atoms with Gasteiger partial charge in [0.15, 0.2) is 0 Å². The predicted molar refractivity (Wildman–Crippen MR) is 60.9 cm³/mol. The third-order valence-electron chi connectivity index (χ3n) is 2.39. The fourth-order valence-corrected chi connectivity index (χ4v) is 1.86. The Hall–Kier alpha value is -1.15. The SMILES string of the molecule is Cc1cc(C)cc(CC(C)(O)CC=O)c1. The van der Waals surface area contributed by atoms with E-state index in [9.17, 15) is 9.90 Å². The monoisotopic (exact) mass is 206 g/mol. The summed E-state index contributed by atoms with van der Waals surface area (Å²) in [4.78, 5) is 10.4. The summed E-state index contributed by atoms with van der Waals surface area (Å²) < 4.78 is 0. The van der Waals surface area contributed by atoms with Gasteiger partial charge in [0.05, 0.1) is 5.60 Å². The molecule has 0 bridgehead atoms. The molecule has 0 amide bonds. The molecule has 0 aliphatic rings. The molecule has 0 radical (unpaired) electrons. The number of aldehydes is 1. The molecule has 1 atom stereocenters. The van der Waals surface area contributed by atoms with Crippen LogP contribution in [0.2, 0.25) is 0 Å². The lowest BCUT2D eigenvalue weighted by Crippen LogP contribution is -2.27. The minimum atomic E-state index is -0.929. The average Bonchev–Trinajstić information content (AvgIpc) is 1.99. The summed E-state index contributed by atoms with van der Waals surface area (Å²) in [5.41, 5.74) is 2.53. The molecule has 0 saturated heterocycles. The molecule has 1 N–H and O–H groups in total. The molecule has 0 aliphatic heterocycles. The second-order valence-corrected chi connectivity index (χ2v) is 4.54. The van der Waals surface area contributed by atoms with Gasteiger partial charge in [0.1, 0.15) is 6.29 Å². The van der Waals surface area contributed by atoms with Gasteiger partial charge < -0.3 is 9.90 Å². The van der Waals surface area contributed by atoms with E-state index in [1.54, 1.807) is 6.92 Å². The normalized spacial score (nSPS) is 14.7. The van der Waals surface area contributed by atoms with E-state index in [4.69, 9.17) is 0 Å². The molecule has 15 heavy (non-hydrogen) atoms. The lowest BCUT2D eigenvalue weighted by Gasteiger charge is -2.20. The zero-order valence-corrected chi connectivity index (χ0v) is 9.58. The summed E-state index contributed by atoms with van der Waals surface area (Å²) in [5, 5.41) is 9.92. The fraction of sp³-hybridized carbons (Fsp3) is 0.462. The second-order valence-electron chi connectivity index (χ2n) is 4.54. The van der Waals surface area contributed by atoms with Crippen LogP contribution in [0.3, 0.4) is 0 Å². The standard InChI is InChI=1S/C13H18O2/c1-10-6-11(2)8-12(7-10)9-13(3,15)4-5-14/h5-8,15H,4,9H2,1-3H3. The molecule has 0 fully saturated rings. The molecule has 82 valence electrons. The van der Waals surface area contributed by atoms with Crippen molar-refractivity contribution in [3.8, 4) is 0 Å². The van der Waals surface area contributed by atoms with Crippen molar-refractivity contribution in [2.24, 2.45) is 0 Å². The molecule has 1 aromatic carbocycles. The van der Waals surface area contributed by atoms with E-state index in [1.807, 2.05) is 26.0 Å². The molecule has 2 heteroatoms.